The minimum Gasteiger partial charge on any atom is -0.396 e. The first-order valence-electron chi connectivity index (χ1n) is 5.42. The normalized spacial score (nSPS) is 11.1. The molecule has 2 heterocycles. The first-order chi connectivity index (χ1) is 7.74. The molecule has 0 aliphatic rings. The summed E-state index contributed by atoms with van der Waals surface area (Å²) in [7, 11) is 0. The lowest BCUT2D eigenvalue weighted by atomic mass is 10.2. The van der Waals surface area contributed by atoms with Crippen LogP contribution in [0.25, 0.3) is 5.52 Å². The van der Waals surface area contributed by atoms with Crippen LogP contribution < -0.4 is 5.73 Å². The zero-order valence-electron chi connectivity index (χ0n) is 9.35. The van der Waals surface area contributed by atoms with Gasteiger partial charge in [0.05, 0.1) is 0 Å². The molecule has 0 saturated carbocycles. The summed E-state index contributed by atoms with van der Waals surface area (Å²) in [6.07, 6.45) is 4.13. The fourth-order valence-electron chi connectivity index (χ4n) is 1.93. The second-order valence-electron chi connectivity index (χ2n) is 3.91. The summed E-state index contributed by atoms with van der Waals surface area (Å²) in [5.41, 5.74) is 8.92. The smallest absolute Gasteiger partial charge is 0.151 e. The van der Waals surface area contributed by atoms with E-state index in [2.05, 4.69) is 16.1 Å². The van der Waals surface area contributed by atoms with Crippen molar-refractivity contribution >= 4 is 11.3 Å². The van der Waals surface area contributed by atoms with Crippen LogP contribution in [0.4, 0.5) is 5.82 Å². The Balaban J connectivity index is 2.36. The highest BCUT2D eigenvalue weighted by molar-refractivity contribution is 5.70. The third-order valence-corrected chi connectivity index (χ3v) is 2.69. The van der Waals surface area contributed by atoms with Gasteiger partial charge in [0.25, 0.3) is 0 Å². The molecule has 0 atom stereocenters. The summed E-state index contributed by atoms with van der Waals surface area (Å²) in [6, 6.07) is 2.08. The zero-order valence-corrected chi connectivity index (χ0v) is 9.35. The molecular weight excluding hydrogens is 204 g/mol. The molecule has 0 aliphatic carbocycles. The van der Waals surface area contributed by atoms with E-state index in [1.165, 1.54) is 6.33 Å². The molecule has 0 bridgehead atoms. The highest BCUT2D eigenvalue weighted by atomic mass is 16.2. The van der Waals surface area contributed by atoms with Crippen molar-refractivity contribution in [2.45, 2.75) is 26.2 Å². The Bertz CT molecular complexity index is 492. The number of unbranched alkanes of at least 4 members (excludes halogenated alkanes) is 1. The molecular formula is C11H16N4O. The van der Waals surface area contributed by atoms with E-state index in [0.29, 0.717) is 5.82 Å². The van der Waals surface area contributed by atoms with Crippen LogP contribution in [0.3, 0.4) is 0 Å². The summed E-state index contributed by atoms with van der Waals surface area (Å²) in [5.74, 6) is 0.515. The van der Waals surface area contributed by atoms with E-state index in [9.17, 15) is 0 Å². The number of aliphatic hydroxyl groups excluding tert-OH is 1. The summed E-state index contributed by atoms with van der Waals surface area (Å²) < 4.78 is 1.84. The molecule has 0 radical (unpaired) electrons. The summed E-state index contributed by atoms with van der Waals surface area (Å²) in [5, 5.41) is 13.0. The Morgan fingerprint density at radius 2 is 2.25 bits per heavy atom. The van der Waals surface area contributed by atoms with Crippen LogP contribution in [0.15, 0.2) is 12.4 Å². The summed E-state index contributed by atoms with van der Waals surface area (Å²) in [6.45, 7) is 2.24. The minimum absolute atomic E-state index is 0.236. The second-order valence-corrected chi connectivity index (χ2v) is 3.91. The van der Waals surface area contributed by atoms with Crippen molar-refractivity contribution in [2.75, 3.05) is 12.3 Å². The van der Waals surface area contributed by atoms with Crippen molar-refractivity contribution in [3.8, 4) is 0 Å². The number of nitrogens with two attached hydrogens (primary N) is 1. The number of rotatable bonds is 4. The van der Waals surface area contributed by atoms with Gasteiger partial charge in [-0.3, -0.25) is 0 Å². The molecule has 0 saturated heterocycles. The summed E-state index contributed by atoms with van der Waals surface area (Å²) in [4.78, 5) is 3.98. The van der Waals surface area contributed by atoms with E-state index < -0.39 is 0 Å². The molecule has 0 unspecified atom stereocenters. The number of aryl methyl sites for hydroxylation is 2. The first kappa shape index (κ1) is 10.9. The molecule has 2 rings (SSSR count). The van der Waals surface area contributed by atoms with Gasteiger partial charge in [0, 0.05) is 12.3 Å². The highest BCUT2D eigenvalue weighted by Crippen LogP contribution is 2.20. The van der Waals surface area contributed by atoms with Crippen LogP contribution >= 0.6 is 0 Å². The van der Waals surface area contributed by atoms with Gasteiger partial charge in [-0.15, -0.1) is 0 Å². The maximum Gasteiger partial charge on any atom is 0.151 e. The predicted octanol–water partition coefficient (Wildman–Crippen LogP) is 0.935. The maximum atomic E-state index is 8.75. The predicted molar refractivity (Wildman–Crippen MR) is 62.2 cm³/mol. The molecule has 16 heavy (non-hydrogen) atoms. The Kier molecular flexibility index (Phi) is 3.05. The van der Waals surface area contributed by atoms with Gasteiger partial charge in [-0.05, 0) is 37.8 Å². The average molecular weight is 220 g/mol. The highest BCUT2D eigenvalue weighted by Gasteiger charge is 2.09. The molecule has 3 N–H and O–H groups in total. The number of anilines is 1. The molecule has 2 aromatic heterocycles. The van der Waals surface area contributed by atoms with Gasteiger partial charge in [0.1, 0.15) is 11.8 Å². The van der Waals surface area contributed by atoms with E-state index in [4.69, 9.17) is 10.8 Å². The fourth-order valence-corrected chi connectivity index (χ4v) is 1.93. The quantitative estimate of drug-likeness (QED) is 0.752. The van der Waals surface area contributed by atoms with E-state index in [1.54, 1.807) is 0 Å². The van der Waals surface area contributed by atoms with Gasteiger partial charge in [-0.2, -0.15) is 5.10 Å². The fraction of sp³-hybridized carbons (Fsp3) is 0.455. The number of hydrogen-bond donors (Lipinski definition) is 2. The van der Waals surface area contributed by atoms with Gasteiger partial charge < -0.3 is 10.8 Å². The Morgan fingerprint density at radius 3 is 3.00 bits per heavy atom. The van der Waals surface area contributed by atoms with Crippen molar-refractivity contribution in [1.29, 1.82) is 0 Å². The van der Waals surface area contributed by atoms with E-state index in [1.807, 2.05) is 11.4 Å². The topological polar surface area (TPSA) is 76.4 Å². The van der Waals surface area contributed by atoms with Gasteiger partial charge in [-0.1, -0.05) is 0 Å². The molecule has 0 spiro atoms. The van der Waals surface area contributed by atoms with Crippen molar-refractivity contribution in [3.63, 3.8) is 0 Å². The van der Waals surface area contributed by atoms with Crippen molar-refractivity contribution in [2.24, 2.45) is 0 Å². The molecule has 2 aromatic rings. The van der Waals surface area contributed by atoms with Gasteiger partial charge in [0.15, 0.2) is 5.82 Å². The maximum absolute atomic E-state index is 8.75. The second kappa shape index (κ2) is 4.49. The lowest BCUT2D eigenvalue weighted by Gasteiger charge is -2.02. The molecule has 0 aromatic carbocycles. The van der Waals surface area contributed by atoms with Crippen LogP contribution in [0, 0.1) is 6.92 Å². The average Bonchev–Trinajstić information content (AvgIpc) is 2.58. The third kappa shape index (κ3) is 1.86. The number of fused-ring (bicyclic) bond motifs is 1. The van der Waals surface area contributed by atoms with Gasteiger partial charge >= 0.3 is 0 Å². The summed E-state index contributed by atoms with van der Waals surface area (Å²) >= 11 is 0. The molecule has 0 aliphatic heterocycles. The van der Waals surface area contributed by atoms with Crippen LogP contribution in [0.1, 0.15) is 24.1 Å². The van der Waals surface area contributed by atoms with Gasteiger partial charge in [-0.25, -0.2) is 9.50 Å². The van der Waals surface area contributed by atoms with Gasteiger partial charge in [0.2, 0.25) is 0 Å². The molecule has 0 fully saturated rings. The molecule has 5 heteroatoms. The monoisotopic (exact) mass is 220 g/mol. The Morgan fingerprint density at radius 1 is 1.44 bits per heavy atom. The first-order valence-corrected chi connectivity index (χ1v) is 5.42. The van der Waals surface area contributed by atoms with Crippen LogP contribution in [0.2, 0.25) is 0 Å². The number of aromatic nitrogens is 3. The van der Waals surface area contributed by atoms with Crippen molar-refractivity contribution in [1.82, 2.24) is 14.6 Å². The van der Waals surface area contributed by atoms with Crippen molar-refractivity contribution < 1.29 is 5.11 Å². The zero-order chi connectivity index (χ0) is 11.5. The van der Waals surface area contributed by atoms with E-state index in [-0.39, 0.29) is 6.61 Å². The Hall–Kier alpha value is -1.62. The standard InChI is InChI=1S/C11H16N4O/c1-8-6-9(4-2-3-5-16)15-10(8)11(12)13-7-14-15/h6-7,16H,2-5H2,1H3,(H2,12,13,14). The number of nitrogen functional groups attached to an aromatic ring is 1. The largest absolute Gasteiger partial charge is 0.396 e. The van der Waals surface area contributed by atoms with Crippen molar-refractivity contribution in [3.05, 3.63) is 23.7 Å². The van der Waals surface area contributed by atoms with Crippen LogP contribution in [-0.4, -0.2) is 26.3 Å². The van der Waals surface area contributed by atoms with E-state index >= 15 is 0 Å². The molecule has 0 amide bonds. The lowest BCUT2D eigenvalue weighted by molar-refractivity contribution is 0.284. The van der Waals surface area contributed by atoms with Crippen LogP contribution in [-0.2, 0) is 6.42 Å². The third-order valence-electron chi connectivity index (χ3n) is 2.69. The molecule has 86 valence electrons. The Labute approximate surface area is 93.9 Å². The number of nitrogens with zero attached hydrogens (tertiary/aromatic N) is 3. The van der Waals surface area contributed by atoms with Crippen LogP contribution in [0.5, 0.6) is 0 Å². The van der Waals surface area contributed by atoms with E-state index in [0.717, 1.165) is 36.0 Å². The SMILES string of the molecule is Cc1cc(CCCCO)n2ncnc(N)c12. The number of hydrogen-bond acceptors (Lipinski definition) is 4. The lowest BCUT2D eigenvalue weighted by Crippen LogP contribution is -2.02. The molecule has 5 nitrogen and oxygen atoms in total. The minimum atomic E-state index is 0.236. The number of aliphatic hydroxyl groups is 1.